The van der Waals surface area contributed by atoms with Gasteiger partial charge in [-0.3, -0.25) is 4.79 Å². The van der Waals surface area contributed by atoms with Crippen LogP contribution in [-0.2, 0) is 4.79 Å². The third-order valence-corrected chi connectivity index (χ3v) is 3.82. The van der Waals surface area contributed by atoms with E-state index in [2.05, 4.69) is 17.4 Å². The Bertz CT molecular complexity index is 356. The average molecular weight is 253 g/mol. The molecule has 0 fully saturated rings. The van der Waals surface area contributed by atoms with E-state index in [0.717, 1.165) is 5.75 Å². The van der Waals surface area contributed by atoms with Crippen molar-refractivity contribution in [2.24, 2.45) is 0 Å². The zero-order chi connectivity index (χ0) is 12.7. The monoisotopic (exact) mass is 253 g/mol. The lowest BCUT2D eigenvalue weighted by Crippen LogP contribution is -2.49. The molecule has 1 aromatic rings. The second-order valence-corrected chi connectivity index (χ2v) is 5.25. The van der Waals surface area contributed by atoms with Crippen molar-refractivity contribution in [2.45, 2.75) is 30.7 Å². The zero-order valence-electron chi connectivity index (χ0n) is 10.3. The van der Waals surface area contributed by atoms with Crippen molar-refractivity contribution >= 4 is 17.7 Å². The number of aliphatic carboxylic acids is 1. The third-order valence-electron chi connectivity index (χ3n) is 2.81. The lowest BCUT2D eigenvalue weighted by molar-refractivity contribution is -0.144. The summed E-state index contributed by atoms with van der Waals surface area (Å²) < 4.78 is 0. The van der Waals surface area contributed by atoms with Crippen LogP contribution in [0.25, 0.3) is 0 Å². The third kappa shape index (κ3) is 4.40. The largest absolute Gasteiger partial charge is 0.480 e. The maximum absolute atomic E-state index is 11.0. The van der Waals surface area contributed by atoms with E-state index in [-0.39, 0.29) is 0 Å². The maximum atomic E-state index is 11.0. The van der Waals surface area contributed by atoms with Crippen molar-refractivity contribution in [2.75, 3.05) is 12.3 Å². The van der Waals surface area contributed by atoms with Gasteiger partial charge in [-0.1, -0.05) is 25.1 Å². The number of rotatable bonds is 7. The molecule has 1 atom stereocenters. The molecule has 0 aliphatic carbocycles. The summed E-state index contributed by atoms with van der Waals surface area (Å²) in [6.07, 6.45) is 0.582. The normalized spacial score (nSPS) is 14.2. The molecular weight excluding hydrogens is 234 g/mol. The summed E-state index contributed by atoms with van der Waals surface area (Å²) in [5, 5.41) is 12.2. The molecule has 0 aliphatic rings. The van der Waals surface area contributed by atoms with E-state index < -0.39 is 11.5 Å². The van der Waals surface area contributed by atoms with Crippen LogP contribution < -0.4 is 5.32 Å². The van der Waals surface area contributed by atoms with E-state index in [1.807, 2.05) is 25.1 Å². The van der Waals surface area contributed by atoms with Gasteiger partial charge in [-0.25, -0.2) is 0 Å². The molecule has 0 saturated heterocycles. The molecule has 1 rings (SSSR count). The maximum Gasteiger partial charge on any atom is 0.323 e. The Labute approximate surface area is 107 Å². The second kappa shape index (κ2) is 6.67. The molecule has 1 unspecified atom stereocenters. The van der Waals surface area contributed by atoms with Crippen LogP contribution >= 0.6 is 11.8 Å². The minimum Gasteiger partial charge on any atom is -0.480 e. The van der Waals surface area contributed by atoms with Gasteiger partial charge in [0.2, 0.25) is 0 Å². The van der Waals surface area contributed by atoms with Crippen molar-refractivity contribution in [3.63, 3.8) is 0 Å². The van der Waals surface area contributed by atoms with Crippen LogP contribution in [0.1, 0.15) is 20.3 Å². The van der Waals surface area contributed by atoms with Gasteiger partial charge >= 0.3 is 5.97 Å². The Kier molecular flexibility index (Phi) is 5.51. The van der Waals surface area contributed by atoms with E-state index in [4.69, 9.17) is 5.11 Å². The van der Waals surface area contributed by atoms with Crippen molar-refractivity contribution in [1.29, 1.82) is 0 Å². The first-order chi connectivity index (χ1) is 8.08. The summed E-state index contributed by atoms with van der Waals surface area (Å²) in [4.78, 5) is 12.3. The Morgan fingerprint density at radius 1 is 1.41 bits per heavy atom. The second-order valence-electron chi connectivity index (χ2n) is 4.08. The van der Waals surface area contributed by atoms with Crippen LogP contribution in [0.5, 0.6) is 0 Å². The molecule has 0 bridgehead atoms. The van der Waals surface area contributed by atoms with E-state index >= 15 is 0 Å². The molecule has 1 aromatic carbocycles. The van der Waals surface area contributed by atoms with Gasteiger partial charge in [0, 0.05) is 17.2 Å². The standard InChI is InChI=1S/C13H19NO2S/c1-3-13(2,12(15)16)14-9-10-17-11-7-5-4-6-8-11/h4-8,14H,3,9-10H2,1-2H3,(H,15,16). The van der Waals surface area contributed by atoms with Gasteiger partial charge in [-0.05, 0) is 25.5 Å². The fourth-order valence-electron chi connectivity index (χ4n) is 1.36. The summed E-state index contributed by atoms with van der Waals surface area (Å²) in [6, 6.07) is 10.1. The fourth-order valence-corrected chi connectivity index (χ4v) is 2.15. The summed E-state index contributed by atoms with van der Waals surface area (Å²) in [7, 11) is 0. The van der Waals surface area contributed by atoms with Crippen LogP contribution in [0.4, 0.5) is 0 Å². The van der Waals surface area contributed by atoms with Gasteiger partial charge < -0.3 is 10.4 Å². The number of hydrogen-bond acceptors (Lipinski definition) is 3. The molecule has 3 nitrogen and oxygen atoms in total. The van der Waals surface area contributed by atoms with E-state index in [1.165, 1.54) is 4.90 Å². The first kappa shape index (κ1) is 14.1. The molecule has 0 amide bonds. The van der Waals surface area contributed by atoms with Gasteiger partial charge in [-0.2, -0.15) is 0 Å². The van der Waals surface area contributed by atoms with Crippen molar-refractivity contribution in [3.05, 3.63) is 30.3 Å². The van der Waals surface area contributed by atoms with Crippen LogP contribution in [0.15, 0.2) is 35.2 Å². The molecule has 0 saturated carbocycles. The summed E-state index contributed by atoms with van der Waals surface area (Å²) in [5.74, 6) is 0.0806. The first-order valence-corrected chi connectivity index (χ1v) is 6.73. The van der Waals surface area contributed by atoms with Gasteiger partial charge in [-0.15, -0.1) is 11.8 Å². The molecule has 0 radical (unpaired) electrons. The highest BCUT2D eigenvalue weighted by molar-refractivity contribution is 7.99. The molecule has 4 heteroatoms. The lowest BCUT2D eigenvalue weighted by Gasteiger charge is -2.24. The minimum atomic E-state index is -0.808. The molecule has 2 N–H and O–H groups in total. The SMILES string of the molecule is CCC(C)(NCCSc1ccccc1)C(=O)O. The van der Waals surface area contributed by atoms with E-state index in [9.17, 15) is 4.79 Å². The van der Waals surface area contributed by atoms with Gasteiger partial charge in [0.05, 0.1) is 0 Å². The van der Waals surface area contributed by atoms with Crippen LogP contribution in [0, 0.1) is 0 Å². The highest BCUT2D eigenvalue weighted by Gasteiger charge is 2.29. The molecule has 0 heterocycles. The molecule has 0 aliphatic heterocycles. The predicted molar refractivity (Wildman–Crippen MR) is 71.5 cm³/mol. The Balaban J connectivity index is 2.31. The van der Waals surface area contributed by atoms with Gasteiger partial charge in [0.1, 0.15) is 5.54 Å². The van der Waals surface area contributed by atoms with Crippen molar-refractivity contribution in [1.82, 2.24) is 5.32 Å². The number of benzene rings is 1. The smallest absolute Gasteiger partial charge is 0.323 e. The quantitative estimate of drug-likeness (QED) is 0.579. The Morgan fingerprint density at radius 3 is 2.59 bits per heavy atom. The Hall–Kier alpha value is -1.00. The number of thioether (sulfide) groups is 1. The highest BCUT2D eigenvalue weighted by Crippen LogP contribution is 2.16. The molecule has 94 valence electrons. The fraction of sp³-hybridized carbons (Fsp3) is 0.462. The first-order valence-electron chi connectivity index (χ1n) is 5.75. The number of carboxylic acids is 1. The average Bonchev–Trinajstić information content (AvgIpc) is 2.35. The highest BCUT2D eigenvalue weighted by atomic mass is 32.2. The van der Waals surface area contributed by atoms with Crippen molar-refractivity contribution in [3.8, 4) is 0 Å². The summed E-state index contributed by atoms with van der Waals surface area (Å²) >= 11 is 1.73. The van der Waals surface area contributed by atoms with E-state index in [0.29, 0.717) is 13.0 Å². The van der Waals surface area contributed by atoms with Crippen LogP contribution in [-0.4, -0.2) is 28.9 Å². The van der Waals surface area contributed by atoms with Gasteiger partial charge in [0.15, 0.2) is 0 Å². The minimum absolute atomic E-state index is 0.582. The number of carboxylic acid groups (broad SMARTS) is 1. The van der Waals surface area contributed by atoms with Crippen LogP contribution in [0.2, 0.25) is 0 Å². The van der Waals surface area contributed by atoms with Crippen molar-refractivity contribution < 1.29 is 9.90 Å². The molecule has 0 spiro atoms. The molecule has 17 heavy (non-hydrogen) atoms. The Morgan fingerprint density at radius 2 is 2.06 bits per heavy atom. The van der Waals surface area contributed by atoms with Crippen LogP contribution in [0.3, 0.4) is 0 Å². The predicted octanol–water partition coefficient (Wildman–Crippen LogP) is 2.62. The summed E-state index contributed by atoms with van der Waals surface area (Å²) in [5.41, 5.74) is -0.808. The summed E-state index contributed by atoms with van der Waals surface area (Å²) in [6.45, 7) is 4.30. The van der Waals surface area contributed by atoms with Gasteiger partial charge in [0.25, 0.3) is 0 Å². The topological polar surface area (TPSA) is 49.3 Å². The zero-order valence-corrected chi connectivity index (χ0v) is 11.1. The van der Waals surface area contributed by atoms with E-state index in [1.54, 1.807) is 18.7 Å². The molecule has 0 aromatic heterocycles. The number of nitrogens with one attached hydrogen (secondary N) is 1. The molecular formula is C13H19NO2S. The number of carbonyl (C=O) groups is 1. The lowest BCUT2D eigenvalue weighted by atomic mass is 9.99. The number of hydrogen-bond donors (Lipinski definition) is 2.